The molecule has 0 saturated heterocycles. The highest BCUT2D eigenvalue weighted by Crippen LogP contribution is 2.41. The van der Waals surface area contributed by atoms with Crippen LogP contribution < -0.4 is 10.1 Å². The number of carbonyl (C=O) groups is 2. The van der Waals surface area contributed by atoms with Gasteiger partial charge in [-0.1, -0.05) is 24.3 Å². The van der Waals surface area contributed by atoms with Gasteiger partial charge in [0.25, 0.3) is 5.91 Å². The van der Waals surface area contributed by atoms with Gasteiger partial charge in [-0.2, -0.15) is 0 Å². The average Bonchev–Trinajstić information content (AvgIpc) is 3.71. The number of pyridine rings is 1. The first kappa shape index (κ1) is 25.2. The highest BCUT2D eigenvalue weighted by molar-refractivity contribution is 7.09. The van der Waals surface area contributed by atoms with Gasteiger partial charge in [-0.05, 0) is 71.8 Å². The van der Waals surface area contributed by atoms with Crippen molar-refractivity contribution < 1.29 is 18.7 Å². The summed E-state index contributed by atoms with van der Waals surface area (Å²) in [5.41, 5.74) is 4.08. The number of nitrogens with one attached hydrogen (secondary N) is 1. The number of carbonyl (C=O) groups excluding carboxylic acids is 2. The zero-order chi connectivity index (χ0) is 26.8. The minimum absolute atomic E-state index is 0.0719. The van der Waals surface area contributed by atoms with E-state index in [2.05, 4.69) is 15.3 Å². The molecule has 39 heavy (non-hydrogen) atoms. The van der Waals surface area contributed by atoms with Crippen molar-refractivity contribution in [2.45, 2.75) is 38.5 Å². The molecule has 7 nitrogen and oxygen atoms in total. The lowest BCUT2D eigenvalue weighted by atomic mass is 9.87. The Hall–Kier alpha value is -4.11. The van der Waals surface area contributed by atoms with Crippen LogP contribution >= 0.6 is 11.3 Å². The first-order valence-corrected chi connectivity index (χ1v) is 13.9. The number of hydrogen-bond acceptors (Lipinski definition) is 6. The van der Waals surface area contributed by atoms with E-state index in [1.54, 1.807) is 23.8 Å². The van der Waals surface area contributed by atoms with E-state index in [1.807, 2.05) is 41.3 Å². The maximum absolute atomic E-state index is 14.2. The van der Waals surface area contributed by atoms with Crippen molar-refractivity contribution in [2.75, 3.05) is 6.54 Å². The summed E-state index contributed by atoms with van der Waals surface area (Å²) in [5, 5.41) is 5.24. The topological polar surface area (TPSA) is 84.4 Å². The van der Waals surface area contributed by atoms with Gasteiger partial charge in [-0.15, -0.1) is 11.3 Å². The Morgan fingerprint density at radius 1 is 1.13 bits per heavy atom. The maximum Gasteiger partial charge on any atom is 0.271 e. The summed E-state index contributed by atoms with van der Waals surface area (Å²) >= 11 is 1.36. The third-order valence-corrected chi connectivity index (χ3v) is 7.86. The number of hydrogen-bond donors (Lipinski definition) is 1. The third kappa shape index (κ3) is 5.68. The predicted octanol–water partition coefficient (Wildman–Crippen LogP) is 5.07. The standard InChI is InChI=1S/C30H27FN4O3S/c31-23-5-1-4-22(13-23)28-25-14-24(9-8-20(25)10-12-35(28)30(37)21-6-7-21)38-17-27-34-26(18-39-27)29(36)33-16-19-3-2-11-32-15-19/h1-5,8-9,11,13-15,18,21,28H,6-7,10,12,16-17H2,(H,33,36). The zero-order valence-corrected chi connectivity index (χ0v) is 22.0. The van der Waals surface area contributed by atoms with Crippen molar-refractivity contribution in [3.63, 3.8) is 0 Å². The molecule has 3 heterocycles. The summed E-state index contributed by atoms with van der Waals surface area (Å²) in [4.78, 5) is 36.1. The van der Waals surface area contributed by atoms with Crippen LogP contribution in [0.1, 0.15) is 56.6 Å². The molecule has 2 aliphatic rings. The average molecular weight is 543 g/mol. The van der Waals surface area contributed by atoms with Crippen LogP contribution in [0.15, 0.2) is 72.4 Å². The van der Waals surface area contributed by atoms with Crippen molar-refractivity contribution >= 4 is 23.2 Å². The molecule has 4 aromatic rings. The van der Waals surface area contributed by atoms with Gasteiger partial charge in [0.2, 0.25) is 5.91 Å². The Morgan fingerprint density at radius 3 is 2.82 bits per heavy atom. The molecular formula is C30H27FN4O3S. The van der Waals surface area contributed by atoms with Gasteiger partial charge >= 0.3 is 0 Å². The molecule has 1 aliphatic carbocycles. The highest BCUT2D eigenvalue weighted by atomic mass is 32.1. The number of fused-ring (bicyclic) bond motifs is 1. The molecule has 1 saturated carbocycles. The van der Waals surface area contributed by atoms with Crippen molar-refractivity contribution in [2.24, 2.45) is 5.92 Å². The van der Waals surface area contributed by atoms with Crippen LogP contribution in [0.2, 0.25) is 0 Å². The van der Waals surface area contributed by atoms with Crippen LogP contribution in [-0.2, 0) is 24.4 Å². The summed E-state index contributed by atoms with van der Waals surface area (Å²) in [6, 6.07) is 15.7. The number of thiazole rings is 1. The Bertz CT molecular complexity index is 1510. The number of benzene rings is 2. The predicted molar refractivity (Wildman–Crippen MR) is 145 cm³/mol. The molecule has 1 atom stereocenters. The van der Waals surface area contributed by atoms with E-state index < -0.39 is 0 Å². The Morgan fingerprint density at radius 2 is 2.03 bits per heavy atom. The largest absolute Gasteiger partial charge is 0.486 e. The monoisotopic (exact) mass is 542 g/mol. The Balaban J connectivity index is 1.17. The zero-order valence-electron chi connectivity index (χ0n) is 21.2. The van der Waals surface area contributed by atoms with E-state index in [1.165, 1.54) is 23.5 Å². The number of halogens is 1. The van der Waals surface area contributed by atoms with Gasteiger partial charge in [-0.25, -0.2) is 9.37 Å². The highest BCUT2D eigenvalue weighted by Gasteiger charge is 2.39. The fourth-order valence-electron chi connectivity index (χ4n) is 4.92. The van der Waals surface area contributed by atoms with Crippen LogP contribution in [-0.4, -0.2) is 33.2 Å². The number of amides is 2. The number of ether oxygens (including phenoxy) is 1. The van der Waals surface area contributed by atoms with E-state index in [0.29, 0.717) is 29.5 Å². The van der Waals surface area contributed by atoms with E-state index in [-0.39, 0.29) is 36.2 Å². The lowest BCUT2D eigenvalue weighted by molar-refractivity contribution is -0.134. The van der Waals surface area contributed by atoms with Crippen molar-refractivity contribution in [1.82, 2.24) is 20.2 Å². The SMILES string of the molecule is O=C(NCc1cccnc1)c1csc(COc2ccc3c(c2)C(c2cccc(F)c2)N(C(=O)C2CC2)CC3)n1. The fraction of sp³-hybridized carbons (Fsp3) is 0.267. The van der Waals surface area contributed by atoms with Crippen molar-refractivity contribution in [1.29, 1.82) is 0 Å². The molecule has 198 valence electrons. The lowest BCUT2D eigenvalue weighted by Crippen LogP contribution is -2.41. The molecule has 0 spiro atoms. The molecule has 1 unspecified atom stereocenters. The van der Waals surface area contributed by atoms with Crippen LogP contribution in [0.3, 0.4) is 0 Å². The minimum atomic E-state index is -0.365. The molecule has 2 amide bonds. The van der Waals surface area contributed by atoms with E-state index in [4.69, 9.17) is 4.74 Å². The van der Waals surface area contributed by atoms with E-state index in [0.717, 1.165) is 41.5 Å². The Kier molecular flexibility index (Phi) is 7.06. The second kappa shape index (κ2) is 10.9. The molecular weight excluding hydrogens is 515 g/mol. The second-order valence-electron chi connectivity index (χ2n) is 9.83. The van der Waals surface area contributed by atoms with Gasteiger partial charge in [-0.3, -0.25) is 14.6 Å². The maximum atomic E-state index is 14.2. The molecule has 6 rings (SSSR count). The molecule has 1 fully saturated rings. The second-order valence-corrected chi connectivity index (χ2v) is 10.8. The van der Waals surface area contributed by atoms with E-state index in [9.17, 15) is 14.0 Å². The third-order valence-electron chi connectivity index (χ3n) is 7.04. The normalized spacial score (nSPS) is 16.4. The molecule has 0 radical (unpaired) electrons. The van der Waals surface area contributed by atoms with Crippen molar-refractivity contribution in [3.05, 3.63) is 111 Å². The summed E-state index contributed by atoms with van der Waals surface area (Å²) in [7, 11) is 0. The van der Waals surface area contributed by atoms with Gasteiger partial charge in [0, 0.05) is 36.8 Å². The first-order chi connectivity index (χ1) is 19.0. The molecule has 2 aromatic carbocycles. The molecule has 2 aromatic heterocycles. The molecule has 0 bridgehead atoms. The summed E-state index contributed by atoms with van der Waals surface area (Å²) in [6.45, 7) is 1.18. The van der Waals surface area contributed by atoms with Crippen LogP contribution in [0.25, 0.3) is 0 Å². The van der Waals surface area contributed by atoms with Crippen LogP contribution in [0.4, 0.5) is 4.39 Å². The molecule has 9 heteroatoms. The van der Waals surface area contributed by atoms with Crippen LogP contribution in [0.5, 0.6) is 5.75 Å². The van der Waals surface area contributed by atoms with Crippen LogP contribution in [0, 0.1) is 11.7 Å². The van der Waals surface area contributed by atoms with Crippen molar-refractivity contribution in [3.8, 4) is 5.75 Å². The first-order valence-electron chi connectivity index (χ1n) is 13.0. The number of nitrogens with zero attached hydrogens (tertiary/aromatic N) is 3. The summed E-state index contributed by atoms with van der Waals surface area (Å²) < 4.78 is 20.3. The van der Waals surface area contributed by atoms with E-state index >= 15 is 0 Å². The molecule has 1 N–H and O–H groups in total. The lowest BCUT2D eigenvalue weighted by Gasteiger charge is -2.38. The quantitative estimate of drug-likeness (QED) is 0.336. The Labute approximate surface area is 229 Å². The summed E-state index contributed by atoms with van der Waals surface area (Å²) in [6.07, 6.45) is 5.96. The van der Waals surface area contributed by atoms with Gasteiger partial charge in [0.05, 0.1) is 6.04 Å². The number of aromatic nitrogens is 2. The minimum Gasteiger partial charge on any atom is -0.486 e. The van der Waals surface area contributed by atoms with Gasteiger partial charge < -0.3 is 15.0 Å². The number of rotatable bonds is 8. The fourth-order valence-corrected chi connectivity index (χ4v) is 5.61. The summed E-state index contributed by atoms with van der Waals surface area (Å²) in [5.74, 6) is 0.262. The smallest absolute Gasteiger partial charge is 0.271 e. The van der Waals surface area contributed by atoms with Gasteiger partial charge in [0.1, 0.15) is 28.9 Å². The molecule has 1 aliphatic heterocycles. The van der Waals surface area contributed by atoms with Gasteiger partial charge in [0.15, 0.2) is 0 Å².